The molecule has 0 amide bonds. The van der Waals surface area contributed by atoms with E-state index in [1.807, 2.05) is 18.2 Å². The SMILES string of the molecule is CC1(C)c2cc(N3CCN(C4CCC4)CC3)c(Br)cc2C(=O)c2c1[nH]c1cc(C#N)ccc21. The lowest BCUT2D eigenvalue weighted by atomic mass is 9.71. The maximum absolute atomic E-state index is 13.7. The number of aromatic amines is 1. The van der Waals surface area contributed by atoms with Crippen molar-refractivity contribution in [1.82, 2.24) is 9.88 Å². The summed E-state index contributed by atoms with van der Waals surface area (Å²) in [4.78, 5) is 22.3. The minimum absolute atomic E-state index is 0.0531. The second kappa shape index (κ2) is 7.44. The summed E-state index contributed by atoms with van der Waals surface area (Å²) >= 11 is 3.79. The molecular weight excluding hydrogens is 476 g/mol. The summed E-state index contributed by atoms with van der Waals surface area (Å²) in [6.07, 6.45) is 4.07. The lowest BCUT2D eigenvalue weighted by Crippen LogP contribution is -2.52. The molecule has 0 radical (unpaired) electrons. The molecule has 3 aromatic rings. The molecule has 0 atom stereocenters. The van der Waals surface area contributed by atoms with Gasteiger partial charge in [-0.25, -0.2) is 0 Å². The van der Waals surface area contributed by atoms with Gasteiger partial charge in [0.1, 0.15) is 0 Å². The number of hydrogen-bond donors (Lipinski definition) is 1. The molecule has 2 aromatic carbocycles. The number of carbonyl (C=O) groups excluding carboxylic acids is 1. The molecule has 1 saturated carbocycles. The zero-order valence-corrected chi connectivity index (χ0v) is 20.6. The van der Waals surface area contributed by atoms with Gasteiger partial charge in [-0.1, -0.05) is 26.3 Å². The smallest absolute Gasteiger partial charge is 0.195 e. The Bertz CT molecular complexity index is 1340. The number of halogens is 1. The van der Waals surface area contributed by atoms with E-state index in [1.54, 1.807) is 6.07 Å². The average Bonchev–Trinajstić information content (AvgIpc) is 3.17. The van der Waals surface area contributed by atoms with Crippen LogP contribution in [0.2, 0.25) is 0 Å². The summed E-state index contributed by atoms with van der Waals surface area (Å²) in [6.45, 7) is 8.59. The molecule has 2 fully saturated rings. The van der Waals surface area contributed by atoms with Crippen LogP contribution < -0.4 is 4.90 Å². The van der Waals surface area contributed by atoms with Crippen molar-refractivity contribution in [2.45, 2.75) is 44.6 Å². The number of fused-ring (bicyclic) bond motifs is 4. The number of aromatic nitrogens is 1. The highest BCUT2D eigenvalue weighted by Crippen LogP contribution is 2.46. The number of piperazine rings is 1. The van der Waals surface area contributed by atoms with E-state index >= 15 is 0 Å². The average molecular weight is 503 g/mol. The Hall–Kier alpha value is -2.62. The topological polar surface area (TPSA) is 63.1 Å². The predicted molar refractivity (Wildman–Crippen MR) is 134 cm³/mol. The Labute approximate surface area is 202 Å². The van der Waals surface area contributed by atoms with Crippen LogP contribution in [0.5, 0.6) is 0 Å². The molecule has 3 aliphatic rings. The van der Waals surface area contributed by atoms with Crippen LogP contribution in [0.1, 0.15) is 65.9 Å². The summed E-state index contributed by atoms with van der Waals surface area (Å²) in [7, 11) is 0. The van der Waals surface area contributed by atoms with Crippen molar-refractivity contribution in [2.75, 3.05) is 31.1 Å². The predicted octanol–water partition coefficient (Wildman–Crippen LogP) is 5.35. The number of nitrogens with one attached hydrogen (secondary N) is 1. The molecule has 0 unspecified atom stereocenters. The van der Waals surface area contributed by atoms with Crippen molar-refractivity contribution in [2.24, 2.45) is 0 Å². The largest absolute Gasteiger partial charge is 0.368 e. The van der Waals surface area contributed by atoms with E-state index in [-0.39, 0.29) is 11.2 Å². The third-order valence-electron chi connectivity index (χ3n) is 8.03. The lowest BCUT2D eigenvalue weighted by molar-refractivity contribution is 0.103. The number of anilines is 1. The number of rotatable bonds is 2. The van der Waals surface area contributed by atoms with Crippen LogP contribution in [-0.4, -0.2) is 47.9 Å². The molecule has 1 saturated heterocycles. The molecule has 1 N–H and O–H groups in total. The standard InChI is InChI=1S/C27H27BrN4O/c1-27(2)20-14-23(32-10-8-31(9-11-32)17-4-3-5-17)21(28)13-19(20)25(33)24-18-7-6-16(15-29)12-22(18)30-26(24)27/h6-7,12-14,17,30H,3-5,8-11H2,1-2H3. The van der Waals surface area contributed by atoms with Crippen LogP contribution in [0.4, 0.5) is 5.69 Å². The van der Waals surface area contributed by atoms with Crippen LogP contribution in [0.3, 0.4) is 0 Å². The minimum atomic E-state index is -0.354. The van der Waals surface area contributed by atoms with Gasteiger partial charge in [0.15, 0.2) is 5.78 Å². The van der Waals surface area contributed by atoms with Gasteiger partial charge in [-0.3, -0.25) is 9.69 Å². The first-order valence-corrected chi connectivity index (χ1v) is 12.6. The van der Waals surface area contributed by atoms with Gasteiger partial charge in [0, 0.05) is 64.3 Å². The number of H-pyrrole nitrogens is 1. The second-order valence-electron chi connectivity index (χ2n) is 10.2. The minimum Gasteiger partial charge on any atom is -0.368 e. The molecule has 1 aliphatic heterocycles. The molecule has 0 bridgehead atoms. The fourth-order valence-corrected chi connectivity index (χ4v) is 6.42. The Morgan fingerprint density at radius 2 is 1.88 bits per heavy atom. The Morgan fingerprint density at radius 1 is 1.12 bits per heavy atom. The molecule has 6 heteroatoms. The number of benzene rings is 2. The van der Waals surface area contributed by atoms with Crippen LogP contribution in [0, 0.1) is 11.3 Å². The highest BCUT2D eigenvalue weighted by Gasteiger charge is 2.40. The van der Waals surface area contributed by atoms with E-state index in [2.05, 4.69) is 56.7 Å². The van der Waals surface area contributed by atoms with E-state index in [1.165, 1.54) is 24.9 Å². The van der Waals surface area contributed by atoms with Gasteiger partial charge in [-0.15, -0.1) is 0 Å². The van der Waals surface area contributed by atoms with Crippen molar-refractivity contribution in [3.8, 4) is 6.07 Å². The first kappa shape index (κ1) is 20.9. The Balaban J connectivity index is 1.40. The quantitative estimate of drug-likeness (QED) is 0.513. The lowest BCUT2D eigenvalue weighted by Gasteiger charge is -2.44. The van der Waals surface area contributed by atoms with Crippen molar-refractivity contribution >= 4 is 38.3 Å². The van der Waals surface area contributed by atoms with Gasteiger partial charge in [0.05, 0.1) is 22.9 Å². The summed E-state index contributed by atoms with van der Waals surface area (Å²) < 4.78 is 0.984. The molecule has 5 nitrogen and oxygen atoms in total. The monoisotopic (exact) mass is 502 g/mol. The van der Waals surface area contributed by atoms with E-state index < -0.39 is 0 Å². The fraction of sp³-hybridized carbons (Fsp3) is 0.407. The number of nitrogens with zero attached hydrogens (tertiary/aromatic N) is 3. The number of ketones is 1. The summed E-state index contributed by atoms with van der Waals surface area (Å²) in [6, 6.07) is 12.8. The third-order valence-corrected chi connectivity index (χ3v) is 8.67. The van der Waals surface area contributed by atoms with E-state index in [0.29, 0.717) is 5.56 Å². The van der Waals surface area contributed by atoms with Crippen molar-refractivity contribution < 1.29 is 4.79 Å². The van der Waals surface area contributed by atoms with Crippen molar-refractivity contribution in [3.63, 3.8) is 0 Å². The molecule has 1 aromatic heterocycles. The van der Waals surface area contributed by atoms with Gasteiger partial charge in [-0.2, -0.15) is 5.26 Å². The summed E-state index contributed by atoms with van der Waals surface area (Å²) in [5, 5.41) is 10.2. The molecule has 168 valence electrons. The normalized spacial score (nSPS) is 20.3. The molecular formula is C27H27BrN4O. The highest BCUT2D eigenvalue weighted by molar-refractivity contribution is 9.10. The van der Waals surface area contributed by atoms with Gasteiger partial charge in [-0.05, 0) is 58.6 Å². The first-order valence-electron chi connectivity index (χ1n) is 11.8. The van der Waals surface area contributed by atoms with Crippen LogP contribution >= 0.6 is 15.9 Å². The van der Waals surface area contributed by atoms with Gasteiger partial charge < -0.3 is 9.88 Å². The maximum atomic E-state index is 13.7. The van der Waals surface area contributed by atoms with Crippen LogP contribution in [0.15, 0.2) is 34.8 Å². The van der Waals surface area contributed by atoms with Gasteiger partial charge >= 0.3 is 0 Å². The van der Waals surface area contributed by atoms with Crippen LogP contribution in [-0.2, 0) is 5.41 Å². The molecule has 33 heavy (non-hydrogen) atoms. The Kier molecular flexibility index (Phi) is 4.73. The number of carbonyl (C=O) groups is 1. The van der Waals surface area contributed by atoms with Crippen molar-refractivity contribution in [1.29, 1.82) is 5.26 Å². The van der Waals surface area contributed by atoms with Crippen LogP contribution in [0.25, 0.3) is 10.9 Å². The molecule has 6 rings (SSSR count). The highest BCUT2D eigenvalue weighted by atomic mass is 79.9. The molecule has 2 aliphatic carbocycles. The fourth-order valence-electron chi connectivity index (χ4n) is 5.83. The molecule has 0 spiro atoms. The number of hydrogen-bond acceptors (Lipinski definition) is 4. The number of nitriles is 1. The van der Waals surface area contributed by atoms with E-state index in [4.69, 9.17) is 0 Å². The first-order chi connectivity index (χ1) is 15.9. The maximum Gasteiger partial charge on any atom is 0.195 e. The third kappa shape index (κ3) is 3.09. The van der Waals surface area contributed by atoms with Crippen molar-refractivity contribution in [3.05, 3.63) is 62.8 Å². The summed E-state index contributed by atoms with van der Waals surface area (Å²) in [5.41, 5.74) is 5.76. The van der Waals surface area contributed by atoms with Gasteiger partial charge in [0.2, 0.25) is 0 Å². The zero-order chi connectivity index (χ0) is 22.9. The summed E-state index contributed by atoms with van der Waals surface area (Å²) in [5.74, 6) is 0.0531. The molecule has 2 heterocycles. The van der Waals surface area contributed by atoms with E-state index in [0.717, 1.165) is 70.0 Å². The van der Waals surface area contributed by atoms with E-state index in [9.17, 15) is 10.1 Å². The Morgan fingerprint density at radius 3 is 2.55 bits per heavy atom. The van der Waals surface area contributed by atoms with Gasteiger partial charge in [0.25, 0.3) is 0 Å². The zero-order valence-electron chi connectivity index (χ0n) is 19.0. The second-order valence-corrected chi connectivity index (χ2v) is 11.0.